The second-order valence-corrected chi connectivity index (χ2v) is 9.65. The Morgan fingerprint density at radius 3 is 2.54 bits per heavy atom. The van der Waals surface area contributed by atoms with Crippen molar-refractivity contribution in [1.29, 1.82) is 0 Å². The average Bonchev–Trinajstić information content (AvgIpc) is 3.12. The Morgan fingerprint density at radius 2 is 1.83 bits per heavy atom. The van der Waals surface area contributed by atoms with Gasteiger partial charge in [0.25, 0.3) is 11.1 Å². The molecule has 0 N–H and O–H groups in total. The molecule has 2 aliphatic heterocycles. The van der Waals surface area contributed by atoms with Gasteiger partial charge in [-0.2, -0.15) is 0 Å². The number of likely N-dealkylation sites (tertiary alicyclic amines) is 1. The van der Waals surface area contributed by atoms with Crippen LogP contribution in [-0.2, 0) is 16.2 Å². The van der Waals surface area contributed by atoms with Crippen LogP contribution in [0.1, 0.15) is 37.3 Å². The Morgan fingerprint density at radius 1 is 1.09 bits per heavy atom. The molecular weight excluding hydrogens is 488 g/mol. The van der Waals surface area contributed by atoms with Crippen LogP contribution >= 0.6 is 23.4 Å². The molecule has 2 fully saturated rings. The SMILES string of the molecule is CCOc1cc(/C=C2\SC(=O)N(CC(=O)N3CCCCC3)C2=O)cc(Cl)c1OCc1ccccc1. The molecule has 4 rings (SSSR count). The topological polar surface area (TPSA) is 76.2 Å². The number of thioether (sulfide) groups is 1. The number of halogens is 1. The molecule has 0 aliphatic carbocycles. The second-order valence-electron chi connectivity index (χ2n) is 8.25. The van der Waals surface area contributed by atoms with Gasteiger partial charge in [0.05, 0.1) is 16.5 Å². The van der Waals surface area contributed by atoms with Crippen LogP contribution in [0.3, 0.4) is 0 Å². The summed E-state index contributed by atoms with van der Waals surface area (Å²) >= 11 is 7.33. The van der Waals surface area contributed by atoms with Crippen LogP contribution in [0, 0.1) is 0 Å². The fourth-order valence-corrected chi connectivity index (χ4v) is 5.08. The molecule has 2 aromatic rings. The van der Waals surface area contributed by atoms with E-state index in [0.29, 0.717) is 48.4 Å². The van der Waals surface area contributed by atoms with Gasteiger partial charge in [-0.3, -0.25) is 19.3 Å². The third kappa shape index (κ3) is 6.18. The van der Waals surface area contributed by atoms with Crippen molar-refractivity contribution in [3.8, 4) is 11.5 Å². The highest BCUT2D eigenvalue weighted by Gasteiger charge is 2.37. The molecule has 0 saturated carbocycles. The van der Waals surface area contributed by atoms with E-state index in [1.54, 1.807) is 23.1 Å². The molecule has 0 unspecified atom stereocenters. The molecule has 3 amide bonds. The number of carbonyl (C=O) groups excluding carboxylic acids is 3. The van der Waals surface area contributed by atoms with E-state index in [9.17, 15) is 14.4 Å². The number of hydrogen-bond donors (Lipinski definition) is 0. The van der Waals surface area contributed by atoms with Crippen molar-refractivity contribution in [3.05, 3.63) is 63.5 Å². The second kappa shape index (κ2) is 11.6. The summed E-state index contributed by atoms with van der Waals surface area (Å²) in [5.74, 6) is 0.176. The lowest BCUT2D eigenvalue weighted by molar-refractivity contribution is -0.136. The monoisotopic (exact) mass is 514 g/mol. The Labute approximate surface area is 214 Å². The van der Waals surface area contributed by atoms with Gasteiger partial charge in [-0.1, -0.05) is 41.9 Å². The predicted octanol–water partition coefficient (Wildman–Crippen LogP) is 5.37. The van der Waals surface area contributed by atoms with E-state index in [1.807, 2.05) is 37.3 Å². The zero-order valence-corrected chi connectivity index (χ0v) is 21.1. The molecule has 2 aromatic carbocycles. The van der Waals surface area contributed by atoms with Crippen molar-refractivity contribution in [2.45, 2.75) is 32.8 Å². The normalized spacial score (nSPS) is 17.3. The van der Waals surface area contributed by atoms with Crippen molar-refractivity contribution in [2.75, 3.05) is 26.2 Å². The Bertz CT molecular complexity index is 1130. The zero-order valence-electron chi connectivity index (χ0n) is 19.5. The van der Waals surface area contributed by atoms with E-state index in [4.69, 9.17) is 21.1 Å². The molecule has 0 spiro atoms. The molecule has 0 bridgehead atoms. The number of piperidine rings is 1. The molecule has 0 aromatic heterocycles. The van der Waals surface area contributed by atoms with Gasteiger partial charge >= 0.3 is 0 Å². The maximum Gasteiger partial charge on any atom is 0.294 e. The van der Waals surface area contributed by atoms with Crippen molar-refractivity contribution in [1.82, 2.24) is 9.80 Å². The number of hydrogen-bond acceptors (Lipinski definition) is 6. The number of amides is 3. The summed E-state index contributed by atoms with van der Waals surface area (Å²) < 4.78 is 11.7. The Hall–Kier alpha value is -2.97. The van der Waals surface area contributed by atoms with Gasteiger partial charge in [-0.05, 0) is 67.3 Å². The highest BCUT2D eigenvalue weighted by molar-refractivity contribution is 8.18. The first-order chi connectivity index (χ1) is 17.0. The number of ether oxygens (including phenoxy) is 2. The Balaban J connectivity index is 1.50. The number of rotatable bonds is 8. The summed E-state index contributed by atoms with van der Waals surface area (Å²) in [6.45, 7) is 3.68. The van der Waals surface area contributed by atoms with Crippen LogP contribution < -0.4 is 9.47 Å². The van der Waals surface area contributed by atoms with Gasteiger partial charge in [0.15, 0.2) is 11.5 Å². The van der Waals surface area contributed by atoms with Crippen LogP contribution in [0.15, 0.2) is 47.4 Å². The summed E-state index contributed by atoms with van der Waals surface area (Å²) in [6, 6.07) is 13.1. The zero-order chi connectivity index (χ0) is 24.8. The third-order valence-electron chi connectivity index (χ3n) is 5.73. The summed E-state index contributed by atoms with van der Waals surface area (Å²) in [4.78, 5) is 41.0. The van der Waals surface area contributed by atoms with Crippen LogP contribution in [0.2, 0.25) is 5.02 Å². The molecule has 184 valence electrons. The summed E-state index contributed by atoms with van der Waals surface area (Å²) in [7, 11) is 0. The smallest absolute Gasteiger partial charge is 0.294 e. The average molecular weight is 515 g/mol. The minimum absolute atomic E-state index is 0.199. The molecular formula is C26H27ClN2O5S. The van der Waals surface area contributed by atoms with E-state index in [2.05, 4.69) is 0 Å². The van der Waals surface area contributed by atoms with E-state index >= 15 is 0 Å². The van der Waals surface area contributed by atoms with Gasteiger partial charge in [-0.15, -0.1) is 0 Å². The van der Waals surface area contributed by atoms with Gasteiger partial charge in [0.2, 0.25) is 5.91 Å². The lowest BCUT2D eigenvalue weighted by Gasteiger charge is -2.27. The van der Waals surface area contributed by atoms with Crippen LogP contribution in [0.4, 0.5) is 4.79 Å². The fraction of sp³-hybridized carbons (Fsp3) is 0.346. The third-order valence-corrected chi connectivity index (χ3v) is 6.92. The number of benzene rings is 2. The molecule has 2 aliphatic rings. The first kappa shape index (κ1) is 25.1. The quantitative estimate of drug-likeness (QED) is 0.441. The number of nitrogens with zero attached hydrogens (tertiary/aromatic N) is 2. The minimum atomic E-state index is -0.483. The highest BCUT2D eigenvalue weighted by Crippen LogP contribution is 2.39. The molecule has 2 saturated heterocycles. The minimum Gasteiger partial charge on any atom is -0.490 e. The van der Waals surface area contributed by atoms with Crippen molar-refractivity contribution < 1.29 is 23.9 Å². The molecule has 9 heteroatoms. The largest absolute Gasteiger partial charge is 0.490 e. The lowest BCUT2D eigenvalue weighted by atomic mass is 10.1. The molecule has 0 atom stereocenters. The number of imide groups is 1. The van der Waals surface area contributed by atoms with E-state index in [-0.39, 0.29) is 17.4 Å². The van der Waals surface area contributed by atoms with Crippen LogP contribution in [0.5, 0.6) is 11.5 Å². The number of carbonyl (C=O) groups is 3. The molecule has 35 heavy (non-hydrogen) atoms. The van der Waals surface area contributed by atoms with E-state index in [1.165, 1.54) is 0 Å². The maximum absolute atomic E-state index is 12.9. The molecule has 2 heterocycles. The van der Waals surface area contributed by atoms with E-state index in [0.717, 1.165) is 41.5 Å². The molecule has 0 radical (unpaired) electrons. The summed E-state index contributed by atoms with van der Waals surface area (Å²) in [5, 5.41) is -0.122. The van der Waals surface area contributed by atoms with Crippen LogP contribution in [-0.4, -0.2) is 53.1 Å². The van der Waals surface area contributed by atoms with Crippen LogP contribution in [0.25, 0.3) is 6.08 Å². The molecule has 7 nitrogen and oxygen atoms in total. The van der Waals surface area contributed by atoms with Crippen molar-refractivity contribution >= 4 is 46.5 Å². The van der Waals surface area contributed by atoms with Gasteiger partial charge in [0.1, 0.15) is 13.2 Å². The maximum atomic E-state index is 12.9. The highest BCUT2D eigenvalue weighted by atomic mass is 35.5. The Kier molecular flexibility index (Phi) is 8.36. The van der Waals surface area contributed by atoms with Gasteiger partial charge < -0.3 is 14.4 Å². The fourth-order valence-electron chi connectivity index (χ4n) is 3.97. The van der Waals surface area contributed by atoms with E-state index < -0.39 is 11.1 Å². The standard InChI is InChI=1S/C26H27ClN2O5S/c1-2-33-21-14-19(13-20(27)24(21)34-17-18-9-5-3-6-10-18)15-22-25(31)29(26(32)35-22)16-23(30)28-11-7-4-8-12-28/h3,5-6,9-10,13-15H,2,4,7-8,11-12,16-17H2,1H3/b22-15-. The summed E-state index contributed by atoms with van der Waals surface area (Å²) in [5.41, 5.74) is 1.58. The first-order valence-corrected chi connectivity index (χ1v) is 12.8. The van der Waals surface area contributed by atoms with Crippen molar-refractivity contribution in [2.24, 2.45) is 0 Å². The van der Waals surface area contributed by atoms with Gasteiger partial charge in [-0.25, -0.2) is 0 Å². The first-order valence-electron chi connectivity index (χ1n) is 11.6. The van der Waals surface area contributed by atoms with Crippen molar-refractivity contribution in [3.63, 3.8) is 0 Å². The lowest BCUT2D eigenvalue weighted by Crippen LogP contribution is -2.44. The predicted molar refractivity (Wildman–Crippen MR) is 137 cm³/mol. The summed E-state index contributed by atoms with van der Waals surface area (Å²) in [6.07, 6.45) is 4.57. The van der Waals surface area contributed by atoms with Gasteiger partial charge in [0, 0.05) is 13.1 Å².